The summed E-state index contributed by atoms with van der Waals surface area (Å²) in [5, 5.41) is 18.5. The second-order valence-electron chi connectivity index (χ2n) is 5.78. The van der Waals surface area contributed by atoms with E-state index >= 15 is 0 Å². The lowest BCUT2D eigenvalue weighted by Gasteiger charge is -2.32. The standard InChI is InChI=1S/C17H14Cl2IN3O3/c18-8-5-11(19)15-12(6-8)22-14(16(24)25)7-13(15)23-17(26)21-10-3-1-9(20)2-4-10/h1-6,13-14,22H,7H2,(H,24,25)(H2,21,23,26)/t13-,14+/m0/s1. The van der Waals surface area contributed by atoms with Crippen LogP contribution in [0.1, 0.15) is 18.0 Å². The fourth-order valence-corrected chi connectivity index (χ4v) is 3.80. The lowest BCUT2D eigenvalue weighted by atomic mass is 9.93. The summed E-state index contributed by atoms with van der Waals surface area (Å²) in [6, 6.07) is 8.60. The number of hydrogen-bond acceptors (Lipinski definition) is 3. The van der Waals surface area contributed by atoms with Gasteiger partial charge >= 0.3 is 12.0 Å². The summed E-state index contributed by atoms with van der Waals surface area (Å²) in [6.45, 7) is 0. The number of carbonyl (C=O) groups is 2. The van der Waals surface area contributed by atoms with Crippen molar-refractivity contribution in [3.63, 3.8) is 0 Å². The third-order valence-corrected chi connectivity index (χ3v) is 5.20. The summed E-state index contributed by atoms with van der Waals surface area (Å²) in [5.74, 6) is -1.02. The van der Waals surface area contributed by atoms with E-state index in [4.69, 9.17) is 23.2 Å². The van der Waals surface area contributed by atoms with Crippen molar-refractivity contribution in [2.24, 2.45) is 0 Å². The van der Waals surface area contributed by atoms with Crippen molar-refractivity contribution in [1.82, 2.24) is 5.32 Å². The lowest BCUT2D eigenvalue weighted by Crippen LogP contribution is -2.42. The van der Waals surface area contributed by atoms with Crippen LogP contribution >= 0.6 is 45.8 Å². The second kappa shape index (κ2) is 7.89. The molecule has 2 amide bonds. The molecule has 0 fully saturated rings. The minimum Gasteiger partial charge on any atom is -0.480 e. The quantitative estimate of drug-likeness (QED) is 0.454. The first-order chi connectivity index (χ1) is 12.3. The van der Waals surface area contributed by atoms with E-state index in [0.29, 0.717) is 27.0 Å². The molecule has 0 saturated carbocycles. The summed E-state index contributed by atoms with van der Waals surface area (Å²) in [7, 11) is 0. The topological polar surface area (TPSA) is 90.5 Å². The third kappa shape index (κ3) is 4.33. The number of carboxylic acids is 1. The Bertz CT molecular complexity index is 861. The first-order valence-corrected chi connectivity index (χ1v) is 9.48. The summed E-state index contributed by atoms with van der Waals surface area (Å²) in [4.78, 5) is 23.8. The average Bonchev–Trinajstić information content (AvgIpc) is 2.55. The van der Waals surface area contributed by atoms with Gasteiger partial charge in [0.2, 0.25) is 0 Å². The van der Waals surface area contributed by atoms with E-state index in [-0.39, 0.29) is 6.42 Å². The minimum absolute atomic E-state index is 0.157. The number of halogens is 3. The highest BCUT2D eigenvalue weighted by Gasteiger charge is 2.33. The summed E-state index contributed by atoms with van der Waals surface area (Å²) in [6.07, 6.45) is 0.157. The number of aliphatic carboxylic acids is 1. The molecule has 2 aromatic rings. The Kier molecular flexibility index (Phi) is 5.79. The number of amides is 2. The van der Waals surface area contributed by atoms with Gasteiger partial charge < -0.3 is 21.1 Å². The molecule has 1 aliphatic rings. The van der Waals surface area contributed by atoms with Crippen LogP contribution in [0.15, 0.2) is 36.4 Å². The highest BCUT2D eigenvalue weighted by atomic mass is 127. The molecule has 0 aliphatic carbocycles. The van der Waals surface area contributed by atoms with E-state index in [1.54, 1.807) is 24.3 Å². The van der Waals surface area contributed by atoms with Crippen molar-refractivity contribution in [3.05, 3.63) is 55.6 Å². The Labute approximate surface area is 173 Å². The highest BCUT2D eigenvalue weighted by molar-refractivity contribution is 14.1. The van der Waals surface area contributed by atoms with Crippen LogP contribution in [0.25, 0.3) is 0 Å². The normalized spacial score (nSPS) is 18.4. The maximum absolute atomic E-state index is 12.4. The number of benzene rings is 2. The summed E-state index contributed by atoms with van der Waals surface area (Å²) in [5.41, 5.74) is 1.75. The molecule has 0 saturated heterocycles. The van der Waals surface area contributed by atoms with Crippen LogP contribution in [0.2, 0.25) is 10.0 Å². The van der Waals surface area contributed by atoms with E-state index < -0.39 is 24.1 Å². The molecule has 26 heavy (non-hydrogen) atoms. The number of carbonyl (C=O) groups excluding carboxylic acids is 1. The second-order valence-corrected chi connectivity index (χ2v) is 7.87. The molecule has 1 heterocycles. The van der Waals surface area contributed by atoms with Gasteiger partial charge in [-0.05, 0) is 59.0 Å². The van der Waals surface area contributed by atoms with Gasteiger partial charge in [0.05, 0.1) is 6.04 Å². The maximum atomic E-state index is 12.4. The van der Waals surface area contributed by atoms with Crippen molar-refractivity contribution < 1.29 is 14.7 Å². The summed E-state index contributed by atoms with van der Waals surface area (Å²) >= 11 is 14.5. The molecule has 1 aliphatic heterocycles. The fourth-order valence-electron chi connectivity index (χ4n) is 2.81. The van der Waals surface area contributed by atoms with E-state index in [1.165, 1.54) is 0 Å². The molecule has 2 atom stereocenters. The van der Waals surface area contributed by atoms with Gasteiger partial charge in [-0.25, -0.2) is 9.59 Å². The van der Waals surface area contributed by atoms with Crippen LogP contribution in [0.5, 0.6) is 0 Å². The maximum Gasteiger partial charge on any atom is 0.326 e. The number of urea groups is 1. The molecule has 2 aromatic carbocycles. The smallest absolute Gasteiger partial charge is 0.326 e. The number of anilines is 2. The van der Waals surface area contributed by atoms with Gasteiger partial charge in [-0.15, -0.1) is 0 Å². The Balaban J connectivity index is 1.83. The largest absolute Gasteiger partial charge is 0.480 e. The SMILES string of the molecule is O=C(Nc1ccc(I)cc1)N[C@H]1C[C@H](C(=O)O)Nc2cc(Cl)cc(Cl)c21. The van der Waals surface area contributed by atoms with E-state index in [1.807, 2.05) is 12.1 Å². The monoisotopic (exact) mass is 505 g/mol. The van der Waals surface area contributed by atoms with Crippen molar-refractivity contribution in [1.29, 1.82) is 0 Å². The molecular weight excluding hydrogens is 492 g/mol. The highest BCUT2D eigenvalue weighted by Crippen LogP contribution is 2.39. The van der Waals surface area contributed by atoms with Crippen LogP contribution in [0, 0.1) is 3.57 Å². The third-order valence-electron chi connectivity index (χ3n) is 3.95. The van der Waals surface area contributed by atoms with Crippen LogP contribution in [-0.2, 0) is 4.79 Å². The molecule has 4 N–H and O–H groups in total. The van der Waals surface area contributed by atoms with Crippen LogP contribution in [0.4, 0.5) is 16.2 Å². The number of rotatable bonds is 3. The van der Waals surface area contributed by atoms with Gasteiger partial charge in [-0.1, -0.05) is 23.2 Å². The average molecular weight is 506 g/mol. The van der Waals surface area contributed by atoms with E-state index in [2.05, 4.69) is 38.5 Å². The van der Waals surface area contributed by atoms with Crippen molar-refractivity contribution in [2.75, 3.05) is 10.6 Å². The Hall–Kier alpha value is -1.71. The molecule has 0 spiro atoms. The van der Waals surface area contributed by atoms with Gasteiger partial charge in [0.1, 0.15) is 6.04 Å². The molecule has 0 radical (unpaired) electrons. The van der Waals surface area contributed by atoms with E-state index in [0.717, 1.165) is 3.57 Å². The molecule has 0 bridgehead atoms. The molecule has 136 valence electrons. The molecule has 9 heteroatoms. The van der Waals surface area contributed by atoms with Crippen LogP contribution < -0.4 is 16.0 Å². The first kappa shape index (κ1) is 19.1. The predicted octanol–water partition coefficient (Wildman–Crippen LogP) is 4.73. The van der Waals surface area contributed by atoms with Gasteiger partial charge in [-0.2, -0.15) is 0 Å². The zero-order valence-electron chi connectivity index (χ0n) is 13.2. The molecule has 0 unspecified atom stereocenters. The van der Waals surface area contributed by atoms with Crippen molar-refractivity contribution >= 4 is 69.2 Å². The Morgan fingerprint density at radius 1 is 1.19 bits per heavy atom. The number of hydrogen-bond donors (Lipinski definition) is 4. The number of carboxylic acid groups (broad SMARTS) is 1. The van der Waals surface area contributed by atoms with Crippen molar-refractivity contribution in [3.8, 4) is 0 Å². The Morgan fingerprint density at radius 3 is 2.54 bits per heavy atom. The van der Waals surface area contributed by atoms with Crippen LogP contribution in [0.3, 0.4) is 0 Å². The Morgan fingerprint density at radius 2 is 1.88 bits per heavy atom. The fraction of sp³-hybridized carbons (Fsp3) is 0.176. The van der Waals surface area contributed by atoms with Gasteiger partial charge in [0.25, 0.3) is 0 Å². The first-order valence-electron chi connectivity index (χ1n) is 7.65. The molecule has 6 nitrogen and oxygen atoms in total. The zero-order chi connectivity index (χ0) is 18.8. The number of fused-ring (bicyclic) bond motifs is 1. The van der Waals surface area contributed by atoms with Gasteiger partial charge in [0.15, 0.2) is 0 Å². The molecule has 3 rings (SSSR count). The minimum atomic E-state index is -1.02. The lowest BCUT2D eigenvalue weighted by molar-refractivity contribution is -0.138. The van der Waals surface area contributed by atoms with E-state index in [9.17, 15) is 14.7 Å². The van der Waals surface area contributed by atoms with Gasteiger partial charge in [-0.3, -0.25) is 0 Å². The number of nitrogens with one attached hydrogen (secondary N) is 3. The molecular formula is C17H14Cl2IN3O3. The predicted molar refractivity (Wildman–Crippen MR) is 110 cm³/mol. The zero-order valence-corrected chi connectivity index (χ0v) is 16.9. The summed E-state index contributed by atoms with van der Waals surface area (Å²) < 4.78 is 1.05. The van der Waals surface area contributed by atoms with Crippen molar-refractivity contribution in [2.45, 2.75) is 18.5 Å². The van der Waals surface area contributed by atoms with Crippen LogP contribution in [-0.4, -0.2) is 23.1 Å². The molecule has 0 aromatic heterocycles. The van der Waals surface area contributed by atoms with Gasteiger partial charge in [0, 0.05) is 37.0 Å².